The molecule has 0 amide bonds. The van der Waals surface area contributed by atoms with Crippen LogP contribution in [0.4, 0.5) is 8.78 Å². The van der Waals surface area contributed by atoms with Gasteiger partial charge in [-0.3, -0.25) is 4.99 Å². The summed E-state index contributed by atoms with van der Waals surface area (Å²) in [4.78, 5) is 5.53. The Kier molecular flexibility index (Phi) is 10.5. The third-order valence-electron chi connectivity index (χ3n) is 3.56. The molecule has 1 aromatic heterocycles. The first-order valence-electron chi connectivity index (χ1n) is 8.06. The van der Waals surface area contributed by atoms with E-state index in [0.29, 0.717) is 24.2 Å². The molecule has 0 fully saturated rings. The highest BCUT2D eigenvalue weighted by molar-refractivity contribution is 14.0. The SMILES string of the molecule is CN=C(NCc1cccc(OCC(F)F)c1)NCC(C)c1cccs1.I. The summed E-state index contributed by atoms with van der Waals surface area (Å²) in [6.45, 7) is 2.87. The van der Waals surface area contributed by atoms with Crippen molar-refractivity contribution in [2.24, 2.45) is 4.99 Å². The fourth-order valence-electron chi connectivity index (χ4n) is 2.23. The van der Waals surface area contributed by atoms with E-state index in [1.54, 1.807) is 36.6 Å². The van der Waals surface area contributed by atoms with Crippen LogP contribution in [-0.2, 0) is 6.54 Å². The molecule has 144 valence electrons. The molecule has 0 saturated carbocycles. The summed E-state index contributed by atoms with van der Waals surface area (Å²) in [6.07, 6.45) is -2.48. The lowest BCUT2D eigenvalue weighted by molar-refractivity contribution is 0.0818. The van der Waals surface area contributed by atoms with Gasteiger partial charge >= 0.3 is 0 Å². The molecule has 1 aromatic carbocycles. The Hall–Kier alpha value is -1.42. The average molecular weight is 495 g/mol. The molecule has 26 heavy (non-hydrogen) atoms. The molecule has 0 bridgehead atoms. The molecule has 0 aliphatic rings. The standard InChI is InChI=1S/C18H23F2N3OS.HI/c1-13(16-7-4-8-25-16)10-22-18(21-2)23-11-14-5-3-6-15(9-14)24-12-17(19)20;/h3-9,13,17H,10-12H2,1-2H3,(H2,21,22,23);1H. The van der Waals surface area contributed by atoms with E-state index in [4.69, 9.17) is 4.74 Å². The lowest BCUT2D eigenvalue weighted by Gasteiger charge is -2.15. The molecule has 2 rings (SSSR count). The van der Waals surface area contributed by atoms with E-state index in [1.807, 2.05) is 12.1 Å². The fraction of sp³-hybridized carbons (Fsp3) is 0.389. The van der Waals surface area contributed by atoms with Crippen molar-refractivity contribution in [2.75, 3.05) is 20.2 Å². The Morgan fingerprint density at radius 1 is 1.23 bits per heavy atom. The Morgan fingerprint density at radius 3 is 2.69 bits per heavy atom. The van der Waals surface area contributed by atoms with Crippen LogP contribution in [0.1, 0.15) is 23.3 Å². The number of rotatable bonds is 8. The molecule has 0 radical (unpaired) electrons. The van der Waals surface area contributed by atoms with Crippen LogP contribution < -0.4 is 15.4 Å². The Labute approximate surface area is 174 Å². The molecular weight excluding hydrogens is 471 g/mol. The summed E-state index contributed by atoms with van der Waals surface area (Å²) in [7, 11) is 1.72. The van der Waals surface area contributed by atoms with E-state index in [1.165, 1.54) is 4.88 Å². The molecule has 4 nitrogen and oxygen atoms in total. The summed E-state index contributed by atoms with van der Waals surface area (Å²) in [5.41, 5.74) is 0.932. The minimum Gasteiger partial charge on any atom is -0.488 e. The van der Waals surface area contributed by atoms with Crippen LogP contribution in [0.5, 0.6) is 5.75 Å². The first-order valence-corrected chi connectivity index (χ1v) is 8.94. The van der Waals surface area contributed by atoms with Crippen molar-refractivity contribution in [3.05, 3.63) is 52.2 Å². The summed E-state index contributed by atoms with van der Waals surface area (Å²) in [6, 6.07) is 11.3. The highest BCUT2D eigenvalue weighted by Crippen LogP contribution is 2.19. The van der Waals surface area contributed by atoms with Crippen LogP contribution in [-0.4, -0.2) is 32.6 Å². The molecule has 0 saturated heterocycles. The van der Waals surface area contributed by atoms with Crippen LogP contribution in [0.2, 0.25) is 0 Å². The minimum absolute atomic E-state index is 0. The number of guanidine groups is 1. The van der Waals surface area contributed by atoms with Gasteiger partial charge in [0, 0.05) is 30.9 Å². The molecule has 1 heterocycles. The maximum Gasteiger partial charge on any atom is 0.272 e. The number of nitrogens with one attached hydrogen (secondary N) is 2. The predicted molar refractivity (Wildman–Crippen MR) is 114 cm³/mol. The van der Waals surface area contributed by atoms with E-state index in [2.05, 4.69) is 34.0 Å². The lowest BCUT2D eigenvalue weighted by Crippen LogP contribution is -2.38. The van der Waals surface area contributed by atoms with Gasteiger partial charge in [-0.05, 0) is 29.1 Å². The second-order valence-electron chi connectivity index (χ2n) is 5.57. The first kappa shape index (κ1) is 22.6. The van der Waals surface area contributed by atoms with Crippen molar-refractivity contribution in [3.8, 4) is 5.75 Å². The third kappa shape index (κ3) is 7.86. The molecule has 0 aliphatic carbocycles. The molecule has 8 heteroatoms. The van der Waals surface area contributed by atoms with Crippen molar-refractivity contribution >= 4 is 41.3 Å². The largest absolute Gasteiger partial charge is 0.488 e. The number of ether oxygens (including phenoxy) is 1. The molecule has 2 aromatic rings. The van der Waals surface area contributed by atoms with Gasteiger partial charge in [-0.1, -0.05) is 25.1 Å². The van der Waals surface area contributed by atoms with Gasteiger partial charge < -0.3 is 15.4 Å². The second-order valence-corrected chi connectivity index (χ2v) is 6.55. The van der Waals surface area contributed by atoms with E-state index < -0.39 is 13.0 Å². The molecule has 0 aliphatic heterocycles. The summed E-state index contributed by atoms with van der Waals surface area (Å²) >= 11 is 1.74. The molecule has 0 spiro atoms. The normalized spacial score (nSPS) is 12.4. The van der Waals surface area contributed by atoms with Crippen molar-refractivity contribution in [2.45, 2.75) is 25.8 Å². The molecule has 2 N–H and O–H groups in total. The highest BCUT2D eigenvalue weighted by atomic mass is 127. The van der Waals surface area contributed by atoms with Gasteiger partial charge in [0.1, 0.15) is 12.4 Å². The van der Waals surface area contributed by atoms with E-state index in [0.717, 1.165) is 12.1 Å². The van der Waals surface area contributed by atoms with Crippen molar-refractivity contribution < 1.29 is 13.5 Å². The zero-order chi connectivity index (χ0) is 18.1. The summed E-state index contributed by atoms with van der Waals surface area (Å²) in [5, 5.41) is 8.59. The predicted octanol–water partition coefficient (Wildman–Crippen LogP) is 4.48. The Morgan fingerprint density at radius 2 is 2.04 bits per heavy atom. The van der Waals surface area contributed by atoms with Gasteiger partial charge in [-0.25, -0.2) is 8.78 Å². The maximum absolute atomic E-state index is 12.2. The van der Waals surface area contributed by atoms with Gasteiger partial charge in [-0.2, -0.15) is 0 Å². The fourth-order valence-corrected chi connectivity index (χ4v) is 3.02. The number of halogens is 3. The van der Waals surface area contributed by atoms with Crippen molar-refractivity contribution in [1.29, 1.82) is 0 Å². The number of hydrogen-bond donors (Lipinski definition) is 2. The monoisotopic (exact) mass is 495 g/mol. The molecular formula is C18H24F2IN3OS. The van der Waals surface area contributed by atoms with Crippen LogP contribution in [0.3, 0.4) is 0 Å². The number of benzene rings is 1. The number of hydrogen-bond acceptors (Lipinski definition) is 3. The van der Waals surface area contributed by atoms with E-state index >= 15 is 0 Å². The first-order chi connectivity index (χ1) is 12.1. The lowest BCUT2D eigenvalue weighted by atomic mass is 10.1. The zero-order valence-electron chi connectivity index (χ0n) is 14.7. The van der Waals surface area contributed by atoms with Gasteiger partial charge in [0.25, 0.3) is 6.43 Å². The average Bonchev–Trinajstić information content (AvgIpc) is 3.15. The topological polar surface area (TPSA) is 45.7 Å². The Bertz CT molecular complexity index is 668. The second kappa shape index (κ2) is 12.1. The third-order valence-corrected chi connectivity index (χ3v) is 4.67. The van der Waals surface area contributed by atoms with E-state index in [-0.39, 0.29) is 24.0 Å². The smallest absolute Gasteiger partial charge is 0.272 e. The van der Waals surface area contributed by atoms with Crippen molar-refractivity contribution in [3.63, 3.8) is 0 Å². The zero-order valence-corrected chi connectivity index (χ0v) is 17.9. The summed E-state index contributed by atoms with van der Waals surface area (Å²) in [5.74, 6) is 1.53. The molecule has 1 atom stereocenters. The van der Waals surface area contributed by atoms with Gasteiger partial charge in [-0.15, -0.1) is 35.3 Å². The quantitative estimate of drug-likeness (QED) is 0.323. The maximum atomic E-state index is 12.2. The van der Waals surface area contributed by atoms with Crippen LogP contribution in [0, 0.1) is 0 Å². The molecule has 1 unspecified atom stereocenters. The number of alkyl halides is 2. The minimum atomic E-state index is -2.48. The van der Waals surface area contributed by atoms with Gasteiger partial charge in [0.05, 0.1) is 0 Å². The van der Waals surface area contributed by atoms with Crippen LogP contribution in [0.15, 0.2) is 46.8 Å². The van der Waals surface area contributed by atoms with Gasteiger partial charge in [0.2, 0.25) is 0 Å². The number of aliphatic imine (C=N–C) groups is 1. The van der Waals surface area contributed by atoms with Gasteiger partial charge in [0.15, 0.2) is 5.96 Å². The van der Waals surface area contributed by atoms with Crippen molar-refractivity contribution in [1.82, 2.24) is 10.6 Å². The Balaban J connectivity index is 0.00000338. The number of nitrogens with zero attached hydrogens (tertiary/aromatic N) is 1. The summed E-state index contributed by atoms with van der Waals surface area (Å²) < 4.78 is 29.5. The van der Waals surface area contributed by atoms with E-state index in [9.17, 15) is 8.78 Å². The highest BCUT2D eigenvalue weighted by Gasteiger charge is 2.08. The van der Waals surface area contributed by atoms with Crippen LogP contribution in [0.25, 0.3) is 0 Å². The number of thiophene rings is 1. The van der Waals surface area contributed by atoms with Crippen LogP contribution >= 0.6 is 35.3 Å².